The Kier molecular flexibility index (Phi) is 6.93. The highest BCUT2D eigenvalue weighted by molar-refractivity contribution is 7.22. The third-order valence-corrected chi connectivity index (χ3v) is 6.99. The average molecular weight is 531 g/mol. The van der Waals surface area contributed by atoms with Crippen LogP contribution in [0.25, 0.3) is 16.0 Å². The summed E-state index contributed by atoms with van der Waals surface area (Å²) in [4.78, 5) is 32.6. The fourth-order valence-corrected chi connectivity index (χ4v) is 5.31. The van der Waals surface area contributed by atoms with Crippen molar-refractivity contribution in [3.8, 4) is 11.5 Å². The molecule has 3 aromatic carbocycles. The zero-order valence-corrected chi connectivity index (χ0v) is 21.2. The summed E-state index contributed by atoms with van der Waals surface area (Å²) >= 11 is 1.08. The van der Waals surface area contributed by atoms with Crippen LogP contribution in [0.15, 0.2) is 85.0 Å². The Labute approximate surface area is 222 Å². The molecule has 0 saturated carbocycles. The number of anilines is 1. The van der Waals surface area contributed by atoms with Crippen molar-refractivity contribution >= 4 is 44.1 Å². The number of amides is 1. The Bertz CT molecular complexity index is 1580. The lowest BCUT2D eigenvalue weighted by Gasteiger charge is -2.23. The number of aromatic nitrogens is 1. The van der Waals surface area contributed by atoms with Crippen molar-refractivity contribution in [2.75, 3.05) is 18.1 Å². The lowest BCUT2D eigenvalue weighted by molar-refractivity contribution is -0.132. The van der Waals surface area contributed by atoms with Crippen LogP contribution < -0.4 is 14.4 Å². The first-order valence-electron chi connectivity index (χ1n) is 11.8. The number of rotatable bonds is 8. The molecule has 5 rings (SSSR count). The SMILES string of the molecule is C=CCOc1cccc(C2/C(=C(\O)c3ccc(OCC)cc3)C(=O)C(=O)N2c2nc3ccc(F)cc3s2)c1. The number of carbonyl (C=O) groups is 2. The summed E-state index contributed by atoms with van der Waals surface area (Å²) in [6, 6.07) is 16.6. The number of aliphatic hydroxyl groups is 1. The van der Waals surface area contributed by atoms with E-state index in [-0.39, 0.29) is 23.1 Å². The Morgan fingerprint density at radius 1 is 1.11 bits per heavy atom. The molecule has 2 heterocycles. The standard InChI is InChI=1S/C29H23FN2O5S/c1-3-14-37-21-7-5-6-18(15-21)25-24(26(33)17-8-11-20(12-9-17)36-4-2)27(34)28(35)32(25)29-31-22-13-10-19(30)16-23(22)38-29/h3,5-13,15-16,25,33H,1,4,14H2,2H3/b26-24+. The zero-order valence-electron chi connectivity index (χ0n) is 20.4. The second-order valence-corrected chi connectivity index (χ2v) is 9.42. The van der Waals surface area contributed by atoms with Gasteiger partial charge in [0.05, 0.1) is 28.4 Å². The van der Waals surface area contributed by atoms with Gasteiger partial charge in [-0.2, -0.15) is 0 Å². The Balaban J connectivity index is 1.68. The van der Waals surface area contributed by atoms with Crippen molar-refractivity contribution in [2.45, 2.75) is 13.0 Å². The number of ether oxygens (including phenoxy) is 2. The molecule has 4 aromatic rings. The summed E-state index contributed by atoms with van der Waals surface area (Å²) in [5.41, 5.74) is 1.28. The van der Waals surface area contributed by atoms with Crippen molar-refractivity contribution in [3.05, 3.63) is 102 Å². The van der Waals surface area contributed by atoms with Crippen molar-refractivity contribution in [1.82, 2.24) is 4.98 Å². The molecular formula is C29H23FN2O5S. The van der Waals surface area contributed by atoms with Crippen LogP contribution in [-0.4, -0.2) is 35.0 Å². The van der Waals surface area contributed by atoms with E-state index in [2.05, 4.69) is 11.6 Å². The van der Waals surface area contributed by atoms with Crippen LogP contribution >= 0.6 is 11.3 Å². The first-order valence-corrected chi connectivity index (χ1v) is 12.7. The van der Waals surface area contributed by atoms with E-state index in [1.165, 1.54) is 23.1 Å². The average Bonchev–Trinajstić information content (AvgIpc) is 3.45. The van der Waals surface area contributed by atoms with E-state index in [4.69, 9.17) is 9.47 Å². The smallest absolute Gasteiger partial charge is 0.301 e. The molecule has 192 valence electrons. The van der Waals surface area contributed by atoms with Gasteiger partial charge in [-0.3, -0.25) is 14.5 Å². The predicted molar refractivity (Wildman–Crippen MR) is 144 cm³/mol. The molecule has 1 fully saturated rings. The summed E-state index contributed by atoms with van der Waals surface area (Å²) < 4.78 is 25.5. The van der Waals surface area contributed by atoms with E-state index < -0.39 is 23.5 Å². The lowest BCUT2D eigenvalue weighted by Crippen LogP contribution is -2.29. The third-order valence-electron chi connectivity index (χ3n) is 5.97. The molecule has 1 saturated heterocycles. The van der Waals surface area contributed by atoms with Crippen molar-refractivity contribution in [2.24, 2.45) is 0 Å². The molecule has 9 heteroatoms. The van der Waals surface area contributed by atoms with Crippen molar-refractivity contribution in [1.29, 1.82) is 0 Å². The number of hydrogen-bond donors (Lipinski definition) is 1. The number of fused-ring (bicyclic) bond motifs is 1. The topological polar surface area (TPSA) is 89.0 Å². The third kappa shape index (κ3) is 4.64. The maximum Gasteiger partial charge on any atom is 0.301 e. The van der Waals surface area contributed by atoms with Gasteiger partial charge in [0.25, 0.3) is 5.78 Å². The normalized spacial score (nSPS) is 16.7. The van der Waals surface area contributed by atoms with Gasteiger partial charge in [-0.1, -0.05) is 36.1 Å². The molecule has 7 nitrogen and oxygen atoms in total. The summed E-state index contributed by atoms with van der Waals surface area (Å²) in [5, 5.41) is 11.5. The monoisotopic (exact) mass is 530 g/mol. The van der Waals surface area contributed by atoms with Gasteiger partial charge in [0, 0.05) is 5.56 Å². The number of Topliss-reactive ketones (excluding diaryl/α,β-unsaturated/α-hetero) is 1. The van der Waals surface area contributed by atoms with E-state index in [0.717, 1.165) is 11.3 Å². The number of aliphatic hydroxyl groups excluding tert-OH is 1. The number of halogens is 1. The number of ketones is 1. The van der Waals surface area contributed by atoms with Crippen LogP contribution in [0.2, 0.25) is 0 Å². The second-order valence-electron chi connectivity index (χ2n) is 8.41. The van der Waals surface area contributed by atoms with Crippen LogP contribution in [0.4, 0.5) is 9.52 Å². The van der Waals surface area contributed by atoms with E-state index in [0.29, 0.717) is 39.4 Å². The van der Waals surface area contributed by atoms with Gasteiger partial charge in [0.15, 0.2) is 5.13 Å². The molecule has 0 aliphatic carbocycles. The highest BCUT2D eigenvalue weighted by atomic mass is 32.1. The summed E-state index contributed by atoms with van der Waals surface area (Å²) in [5.74, 6) is -1.36. The molecular weight excluding hydrogens is 507 g/mol. The van der Waals surface area contributed by atoms with Crippen LogP contribution in [-0.2, 0) is 9.59 Å². The first-order chi connectivity index (χ1) is 18.4. The molecule has 1 aliphatic rings. The Hall–Kier alpha value is -4.50. The maximum atomic E-state index is 13.9. The molecule has 1 N–H and O–H groups in total. The van der Waals surface area contributed by atoms with Crippen molar-refractivity contribution < 1.29 is 28.6 Å². The molecule has 1 unspecified atom stereocenters. The molecule has 0 spiro atoms. The molecule has 0 radical (unpaired) electrons. The maximum absolute atomic E-state index is 13.9. The fraction of sp³-hybridized carbons (Fsp3) is 0.138. The lowest BCUT2D eigenvalue weighted by atomic mass is 9.95. The molecule has 0 bridgehead atoms. The second kappa shape index (κ2) is 10.5. The Morgan fingerprint density at radius 3 is 2.63 bits per heavy atom. The first kappa shape index (κ1) is 25.2. The highest BCUT2D eigenvalue weighted by Crippen LogP contribution is 2.45. The van der Waals surface area contributed by atoms with E-state index in [1.807, 2.05) is 6.92 Å². The van der Waals surface area contributed by atoms with Crippen molar-refractivity contribution in [3.63, 3.8) is 0 Å². The minimum Gasteiger partial charge on any atom is -0.507 e. The molecule has 38 heavy (non-hydrogen) atoms. The highest BCUT2D eigenvalue weighted by Gasteiger charge is 2.48. The zero-order chi connectivity index (χ0) is 26.8. The molecule has 1 aliphatic heterocycles. The van der Waals surface area contributed by atoms with E-state index in [1.54, 1.807) is 54.6 Å². The van der Waals surface area contributed by atoms with Gasteiger partial charge >= 0.3 is 5.91 Å². The van der Waals surface area contributed by atoms with E-state index >= 15 is 0 Å². The number of nitrogens with zero attached hydrogens (tertiary/aromatic N) is 2. The summed E-state index contributed by atoms with van der Waals surface area (Å²) in [6.07, 6.45) is 1.60. The van der Waals surface area contributed by atoms with Gasteiger partial charge in [-0.05, 0) is 67.1 Å². The minimum atomic E-state index is -1.00. The van der Waals surface area contributed by atoms with E-state index in [9.17, 15) is 19.1 Å². The Morgan fingerprint density at radius 2 is 1.89 bits per heavy atom. The number of thiazole rings is 1. The van der Waals surface area contributed by atoms with Gasteiger partial charge in [-0.25, -0.2) is 9.37 Å². The quantitative estimate of drug-likeness (QED) is 0.130. The van der Waals surface area contributed by atoms with Crippen LogP contribution in [0.1, 0.15) is 24.1 Å². The molecule has 1 atom stereocenters. The largest absolute Gasteiger partial charge is 0.507 e. The number of carbonyl (C=O) groups excluding carboxylic acids is 2. The van der Waals surface area contributed by atoms with Crippen LogP contribution in [0.3, 0.4) is 0 Å². The fourth-order valence-electron chi connectivity index (χ4n) is 4.30. The van der Waals surface area contributed by atoms with Crippen LogP contribution in [0, 0.1) is 5.82 Å². The predicted octanol–water partition coefficient (Wildman–Crippen LogP) is 6.03. The molecule has 1 aromatic heterocycles. The number of hydrogen-bond acceptors (Lipinski definition) is 7. The summed E-state index contributed by atoms with van der Waals surface area (Å²) in [6.45, 7) is 6.26. The van der Waals surface area contributed by atoms with Crippen LogP contribution in [0.5, 0.6) is 11.5 Å². The van der Waals surface area contributed by atoms with Gasteiger partial charge in [0.2, 0.25) is 0 Å². The van der Waals surface area contributed by atoms with Gasteiger partial charge in [0.1, 0.15) is 29.7 Å². The molecule has 1 amide bonds. The summed E-state index contributed by atoms with van der Waals surface area (Å²) in [7, 11) is 0. The van der Waals surface area contributed by atoms with Gasteiger partial charge in [-0.15, -0.1) is 0 Å². The number of benzene rings is 3. The van der Waals surface area contributed by atoms with Gasteiger partial charge < -0.3 is 14.6 Å². The minimum absolute atomic E-state index is 0.0922.